The second-order valence-electron chi connectivity index (χ2n) is 6.05. The molecule has 0 aromatic carbocycles. The fraction of sp³-hybridized carbons (Fsp3) is 0.667. The van der Waals surface area contributed by atoms with Crippen molar-refractivity contribution in [2.24, 2.45) is 11.3 Å². The fourth-order valence-corrected chi connectivity index (χ4v) is 3.56. The van der Waals surface area contributed by atoms with E-state index in [1.807, 2.05) is 17.2 Å². The van der Waals surface area contributed by atoms with Crippen molar-refractivity contribution in [3.63, 3.8) is 0 Å². The summed E-state index contributed by atoms with van der Waals surface area (Å²) in [6.45, 7) is 2.80. The van der Waals surface area contributed by atoms with Crippen molar-refractivity contribution in [2.45, 2.75) is 19.4 Å². The van der Waals surface area contributed by atoms with E-state index in [2.05, 4.69) is 10.4 Å². The van der Waals surface area contributed by atoms with Gasteiger partial charge in [0.15, 0.2) is 0 Å². The third kappa shape index (κ3) is 2.61. The molecule has 1 aromatic rings. The van der Waals surface area contributed by atoms with Gasteiger partial charge < -0.3 is 15.0 Å². The van der Waals surface area contributed by atoms with Gasteiger partial charge in [-0.1, -0.05) is 0 Å². The van der Waals surface area contributed by atoms with Crippen LogP contribution in [0.25, 0.3) is 0 Å². The van der Waals surface area contributed by atoms with Gasteiger partial charge in [-0.15, -0.1) is 0 Å². The molecule has 3 rings (SSSR count). The monoisotopic (exact) mass is 306 g/mol. The third-order valence-corrected chi connectivity index (χ3v) is 4.85. The number of hydrogen-bond donors (Lipinski definition) is 1. The number of carbonyl (C=O) groups excluding carboxylic acids is 2. The largest absolute Gasteiger partial charge is 0.381 e. The first-order valence-corrected chi connectivity index (χ1v) is 7.71. The lowest BCUT2D eigenvalue weighted by molar-refractivity contribution is -0.139. The van der Waals surface area contributed by atoms with Gasteiger partial charge in [0.05, 0.1) is 12.0 Å². The third-order valence-electron chi connectivity index (χ3n) is 4.85. The van der Waals surface area contributed by atoms with Crippen molar-refractivity contribution in [2.75, 3.05) is 33.4 Å². The second kappa shape index (κ2) is 6.08. The van der Waals surface area contributed by atoms with E-state index in [9.17, 15) is 9.59 Å². The predicted octanol–water partition coefficient (Wildman–Crippen LogP) is -0.116. The summed E-state index contributed by atoms with van der Waals surface area (Å²) in [5.74, 6) is 0.200. The van der Waals surface area contributed by atoms with E-state index < -0.39 is 5.41 Å². The number of fused-ring (bicyclic) bond motifs is 1. The summed E-state index contributed by atoms with van der Waals surface area (Å²) < 4.78 is 7.27. The normalized spacial score (nSPS) is 27.5. The Morgan fingerprint density at radius 1 is 1.50 bits per heavy atom. The first-order chi connectivity index (χ1) is 10.7. The molecule has 2 aliphatic heterocycles. The molecule has 1 N–H and O–H groups in total. The van der Waals surface area contributed by atoms with E-state index in [0.29, 0.717) is 45.7 Å². The van der Waals surface area contributed by atoms with Crippen LogP contribution in [0, 0.1) is 11.3 Å². The van der Waals surface area contributed by atoms with Crippen LogP contribution in [0.15, 0.2) is 18.5 Å². The first-order valence-electron chi connectivity index (χ1n) is 7.71. The van der Waals surface area contributed by atoms with E-state index in [1.165, 1.54) is 0 Å². The molecule has 22 heavy (non-hydrogen) atoms. The zero-order valence-corrected chi connectivity index (χ0v) is 12.8. The van der Waals surface area contributed by atoms with Crippen LogP contribution >= 0.6 is 0 Å². The highest BCUT2D eigenvalue weighted by molar-refractivity contribution is 5.85. The summed E-state index contributed by atoms with van der Waals surface area (Å²) >= 11 is 0. The minimum atomic E-state index is -0.478. The Morgan fingerprint density at radius 2 is 2.36 bits per heavy atom. The Kier molecular flexibility index (Phi) is 4.15. The van der Waals surface area contributed by atoms with Crippen LogP contribution < -0.4 is 5.32 Å². The average molecular weight is 306 g/mol. The summed E-state index contributed by atoms with van der Waals surface area (Å²) in [4.78, 5) is 26.6. The number of aromatic nitrogens is 2. The van der Waals surface area contributed by atoms with Crippen molar-refractivity contribution >= 4 is 11.8 Å². The zero-order valence-electron chi connectivity index (χ0n) is 12.8. The number of hydrogen-bond acceptors (Lipinski definition) is 4. The average Bonchev–Trinajstić information content (AvgIpc) is 3.19. The van der Waals surface area contributed by atoms with Crippen LogP contribution in [0.2, 0.25) is 0 Å². The van der Waals surface area contributed by atoms with Crippen molar-refractivity contribution in [1.29, 1.82) is 0 Å². The van der Waals surface area contributed by atoms with Gasteiger partial charge in [-0.3, -0.25) is 14.3 Å². The maximum Gasteiger partial charge on any atom is 0.228 e. The molecule has 0 aliphatic carbocycles. The van der Waals surface area contributed by atoms with Crippen molar-refractivity contribution in [1.82, 2.24) is 20.0 Å². The molecule has 7 nitrogen and oxygen atoms in total. The highest BCUT2D eigenvalue weighted by Crippen LogP contribution is 2.42. The molecule has 2 saturated heterocycles. The Morgan fingerprint density at radius 3 is 3.09 bits per heavy atom. The van der Waals surface area contributed by atoms with Gasteiger partial charge in [0.1, 0.15) is 0 Å². The van der Waals surface area contributed by atoms with E-state index in [1.54, 1.807) is 17.9 Å². The van der Waals surface area contributed by atoms with E-state index in [0.717, 1.165) is 0 Å². The highest BCUT2D eigenvalue weighted by atomic mass is 16.5. The Labute approximate surface area is 129 Å². The Hall–Kier alpha value is -1.89. The Bertz CT molecular complexity index is 545. The molecule has 0 spiro atoms. The number of carbonyl (C=O) groups is 2. The molecule has 2 aliphatic rings. The second-order valence-corrected chi connectivity index (χ2v) is 6.05. The number of aryl methyl sites for hydroxylation is 1. The number of likely N-dealkylation sites (tertiary alicyclic amines) is 1. The standard InChI is InChI=1S/C15H22N4O3/c1-16-14(21)15-4-8-22-10-12(15)9-18(11-15)13(20)3-7-19-6-2-5-17-19/h2,5-6,12H,3-4,7-11H2,1H3,(H,16,21)/t12-,15+/m1/s1. The summed E-state index contributed by atoms with van der Waals surface area (Å²) in [5, 5.41) is 6.87. The maximum absolute atomic E-state index is 12.4. The predicted molar refractivity (Wildman–Crippen MR) is 78.8 cm³/mol. The lowest BCUT2D eigenvalue weighted by atomic mass is 9.73. The van der Waals surface area contributed by atoms with E-state index in [-0.39, 0.29) is 17.7 Å². The molecule has 0 saturated carbocycles. The van der Waals surface area contributed by atoms with Crippen molar-refractivity contribution in [3.8, 4) is 0 Å². The number of nitrogens with zero attached hydrogens (tertiary/aromatic N) is 3. The molecule has 120 valence electrons. The number of amides is 2. The molecular weight excluding hydrogens is 284 g/mol. The summed E-state index contributed by atoms with van der Waals surface area (Å²) in [7, 11) is 1.66. The summed E-state index contributed by atoms with van der Waals surface area (Å²) in [5.41, 5.74) is -0.478. The summed E-state index contributed by atoms with van der Waals surface area (Å²) in [6.07, 6.45) is 4.63. The van der Waals surface area contributed by atoms with Crippen molar-refractivity contribution in [3.05, 3.63) is 18.5 Å². The SMILES string of the molecule is CNC(=O)[C@]12CCOC[C@H]1CN(C(=O)CCn1cccn1)C2. The van der Waals surface area contributed by atoms with Crippen LogP contribution in [0.3, 0.4) is 0 Å². The first kappa shape index (κ1) is 15.0. The number of ether oxygens (including phenoxy) is 1. The molecule has 3 heterocycles. The molecule has 2 fully saturated rings. The number of nitrogens with one attached hydrogen (secondary N) is 1. The molecule has 1 aromatic heterocycles. The smallest absolute Gasteiger partial charge is 0.228 e. The zero-order chi connectivity index (χ0) is 15.6. The highest BCUT2D eigenvalue weighted by Gasteiger charge is 2.54. The van der Waals surface area contributed by atoms with Gasteiger partial charge in [-0.05, 0) is 12.5 Å². The van der Waals surface area contributed by atoms with Crippen LogP contribution in [0.4, 0.5) is 0 Å². The van der Waals surface area contributed by atoms with Crippen LogP contribution in [0.5, 0.6) is 0 Å². The number of rotatable bonds is 4. The molecular formula is C15H22N4O3. The molecule has 0 bridgehead atoms. The lowest BCUT2D eigenvalue weighted by Gasteiger charge is -2.36. The van der Waals surface area contributed by atoms with Crippen LogP contribution in [-0.4, -0.2) is 59.8 Å². The lowest BCUT2D eigenvalue weighted by Crippen LogP contribution is -2.49. The maximum atomic E-state index is 12.4. The van der Waals surface area contributed by atoms with E-state index in [4.69, 9.17) is 4.74 Å². The Balaban J connectivity index is 1.66. The minimum absolute atomic E-state index is 0.0307. The van der Waals surface area contributed by atoms with E-state index >= 15 is 0 Å². The van der Waals surface area contributed by atoms with Gasteiger partial charge in [0, 0.05) is 58.0 Å². The van der Waals surface area contributed by atoms with Gasteiger partial charge in [0.2, 0.25) is 11.8 Å². The minimum Gasteiger partial charge on any atom is -0.381 e. The molecule has 7 heteroatoms. The van der Waals surface area contributed by atoms with Gasteiger partial charge in [0.25, 0.3) is 0 Å². The summed E-state index contributed by atoms with van der Waals surface area (Å²) in [6, 6.07) is 1.84. The van der Waals surface area contributed by atoms with Crippen LogP contribution in [-0.2, 0) is 20.9 Å². The molecule has 2 atom stereocenters. The van der Waals surface area contributed by atoms with Gasteiger partial charge in [-0.2, -0.15) is 5.10 Å². The molecule has 0 radical (unpaired) electrons. The molecule has 2 amide bonds. The quantitative estimate of drug-likeness (QED) is 0.842. The van der Waals surface area contributed by atoms with Crippen molar-refractivity contribution < 1.29 is 14.3 Å². The molecule has 0 unspecified atom stereocenters. The fourth-order valence-electron chi connectivity index (χ4n) is 3.56. The topological polar surface area (TPSA) is 76.5 Å². The van der Waals surface area contributed by atoms with Gasteiger partial charge >= 0.3 is 0 Å². The van der Waals surface area contributed by atoms with Gasteiger partial charge in [-0.25, -0.2) is 0 Å². The van der Waals surface area contributed by atoms with Crippen LogP contribution in [0.1, 0.15) is 12.8 Å².